The van der Waals surface area contributed by atoms with Crippen molar-refractivity contribution in [3.8, 4) is 5.75 Å². The normalized spacial score (nSPS) is 11.0. The van der Waals surface area contributed by atoms with Crippen LogP contribution in [0, 0.1) is 0 Å². The van der Waals surface area contributed by atoms with Crippen molar-refractivity contribution >= 4 is 17.6 Å². The maximum atomic E-state index is 12.7. The number of carbonyl (C=O) groups excluding carboxylic acids is 2. The molecule has 1 amide bonds. The number of amides is 1. The SMILES string of the molecule is CCCCOC(=O)c1ccc(NC(=O)COc2cccc(C(F)(F)F)c2)cc1. The molecule has 0 heterocycles. The number of hydrogen-bond acceptors (Lipinski definition) is 4. The maximum absolute atomic E-state index is 12.7. The van der Waals surface area contributed by atoms with Crippen LogP contribution in [0.3, 0.4) is 0 Å². The van der Waals surface area contributed by atoms with E-state index in [0.717, 1.165) is 25.0 Å². The lowest BCUT2D eigenvalue weighted by atomic mass is 10.2. The molecule has 0 aliphatic heterocycles. The van der Waals surface area contributed by atoms with Crippen molar-refractivity contribution in [2.24, 2.45) is 0 Å². The summed E-state index contributed by atoms with van der Waals surface area (Å²) < 4.78 is 48.2. The first-order chi connectivity index (χ1) is 13.3. The second kappa shape index (κ2) is 9.77. The molecule has 0 aliphatic carbocycles. The monoisotopic (exact) mass is 395 g/mol. The van der Waals surface area contributed by atoms with Crippen LogP contribution < -0.4 is 10.1 Å². The Bertz CT molecular complexity index is 804. The summed E-state index contributed by atoms with van der Waals surface area (Å²) >= 11 is 0. The molecule has 0 fully saturated rings. The zero-order valence-electron chi connectivity index (χ0n) is 15.2. The van der Waals surface area contributed by atoms with Gasteiger partial charge in [0.05, 0.1) is 17.7 Å². The average Bonchev–Trinajstić information content (AvgIpc) is 2.66. The fourth-order valence-corrected chi connectivity index (χ4v) is 2.19. The second-order valence-corrected chi connectivity index (χ2v) is 5.93. The van der Waals surface area contributed by atoms with Crippen molar-refractivity contribution in [1.29, 1.82) is 0 Å². The van der Waals surface area contributed by atoms with Crippen LogP contribution in [0.4, 0.5) is 18.9 Å². The summed E-state index contributed by atoms with van der Waals surface area (Å²) in [4.78, 5) is 23.7. The van der Waals surface area contributed by atoms with Gasteiger partial charge in [-0.15, -0.1) is 0 Å². The molecule has 2 rings (SSSR count). The highest BCUT2D eigenvalue weighted by atomic mass is 19.4. The maximum Gasteiger partial charge on any atom is 0.416 e. The number of alkyl halides is 3. The van der Waals surface area contributed by atoms with Crippen molar-refractivity contribution in [2.45, 2.75) is 25.9 Å². The molecule has 0 atom stereocenters. The predicted octanol–water partition coefficient (Wildman–Crippen LogP) is 4.68. The Labute approximate surface area is 160 Å². The standard InChI is InChI=1S/C20H20F3NO4/c1-2-3-11-27-19(26)14-7-9-16(10-8-14)24-18(25)13-28-17-6-4-5-15(12-17)20(21,22)23/h4-10,12H,2-3,11,13H2,1H3,(H,24,25). The van der Waals surface area contributed by atoms with Crippen LogP contribution in [0.15, 0.2) is 48.5 Å². The summed E-state index contributed by atoms with van der Waals surface area (Å²) in [7, 11) is 0. The predicted molar refractivity (Wildman–Crippen MR) is 97.2 cm³/mol. The third kappa shape index (κ3) is 6.61. The van der Waals surface area contributed by atoms with Gasteiger partial charge < -0.3 is 14.8 Å². The minimum absolute atomic E-state index is 0.0600. The third-order valence-corrected chi connectivity index (χ3v) is 3.67. The number of nitrogens with one attached hydrogen (secondary N) is 1. The van der Waals surface area contributed by atoms with Crippen LogP contribution in [-0.4, -0.2) is 25.1 Å². The quantitative estimate of drug-likeness (QED) is 0.521. The number of benzene rings is 2. The lowest BCUT2D eigenvalue weighted by Gasteiger charge is -2.10. The highest BCUT2D eigenvalue weighted by Gasteiger charge is 2.30. The molecule has 5 nitrogen and oxygen atoms in total. The molecule has 8 heteroatoms. The van der Waals surface area contributed by atoms with Crippen molar-refractivity contribution in [1.82, 2.24) is 0 Å². The molecule has 0 saturated heterocycles. The zero-order chi connectivity index (χ0) is 20.6. The average molecular weight is 395 g/mol. The number of halogens is 3. The molecule has 0 spiro atoms. The van der Waals surface area contributed by atoms with Gasteiger partial charge in [0, 0.05) is 5.69 Å². The van der Waals surface area contributed by atoms with Gasteiger partial charge >= 0.3 is 12.1 Å². The fourth-order valence-electron chi connectivity index (χ4n) is 2.19. The van der Waals surface area contributed by atoms with E-state index in [1.54, 1.807) is 0 Å². The van der Waals surface area contributed by atoms with Crippen LogP contribution in [0.25, 0.3) is 0 Å². The molecule has 0 unspecified atom stereocenters. The van der Waals surface area contributed by atoms with E-state index in [9.17, 15) is 22.8 Å². The van der Waals surface area contributed by atoms with E-state index < -0.39 is 30.2 Å². The van der Waals surface area contributed by atoms with Crippen LogP contribution in [0.2, 0.25) is 0 Å². The van der Waals surface area contributed by atoms with Crippen LogP contribution in [0.1, 0.15) is 35.7 Å². The molecule has 28 heavy (non-hydrogen) atoms. The number of hydrogen-bond donors (Lipinski definition) is 1. The minimum atomic E-state index is -4.49. The van der Waals surface area contributed by atoms with Gasteiger partial charge in [-0.25, -0.2) is 4.79 Å². The summed E-state index contributed by atoms with van der Waals surface area (Å²) in [6, 6.07) is 10.4. The molecular formula is C20H20F3NO4. The number of anilines is 1. The largest absolute Gasteiger partial charge is 0.484 e. The smallest absolute Gasteiger partial charge is 0.416 e. The Morgan fingerprint density at radius 3 is 2.43 bits per heavy atom. The summed E-state index contributed by atoms with van der Waals surface area (Å²) in [5.41, 5.74) is -0.0797. The van der Waals surface area contributed by atoms with Gasteiger partial charge in [-0.1, -0.05) is 19.4 Å². The summed E-state index contributed by atoms with van der Waals surface area (Å²) in [5.74, 6) is -1.05. The number of ether oxygens (including phenoxy) is 2. The van der Waals surface area contributed by atoms with Crippen LogP contribution in [-0.2, 0) is 15.7 Å². The van der Waals surface area contributed by atoms with E-state index in [4.69, 9.17) is 9.47 Å². The first-order valence-electron chi connectivity index (χ1n) is 8.66. The number of unbranched alkanes of at least 4 members (excludes halogenated alkanes) is 1. The van der Waals surface area contributed by atoms with Crippen molar-refractivity contribution in [2.75, 3.05) is 18.5 Å². The van der Waals surface area contributed by atoms with E-state index in [1.165, 1.54) is 36.4 Å². The van der Waals surface area contributed by atoms with Gasteiger partial charge in [-0.3, -0.25) is 4.79 Å². The van der Waals surface area contributed by atoms with Gasteiger partial charge in [-0.05, 0) is 48.9 Å². The second-order valence-electron chi connectivity index (χ2n) is 5.93. The summed E-state index contributed by atoms with van der Waals surface area (Å²) in [6.07, 6.45) is -2.78. The molecule has 2 aromatic carbocycles. The van der Waals surface area contributed by atoms with Crippen LogP contribution in [0.5, 0.6) is 5.75 Å². The fraction of sp³-hybridized carbons (Fsp3) is 0.300. The highest BCUT2D eigenvalue weighted by Crippen LogP contribution is 2.31. The highest BCUT2D eigenvalue weighted by molar-refractivity contribution is 5.93. The summed E-state index contributed by atoms with van der Waals surface area (Å²) in [5, 5.41) is 2.54. The molecular weight excluding hydrogens is 375 g/mol. The molecule has 2 aromatic rings. The number of rotatable bonds is 8. The lowest BCUT2D eigenvalue weighted by molar-refractivity contribution is -0.137. The van der Waals surface area contributed by atoms with E-state index in [2.05, 4.69) is 5.32 Å². The van der Waals surface area contributed by atoms with E-state index in [-0.39, 0.29) is 5.75 Å². The molecule has 150 valence electrons. The van der Waals surface area contributed by atoms with Crippen LogP contribution >= 0.6 is 0 Å². The Hall–Kier alpha value is -3.03. The lowest BCUT2D eigenvalue weighted by Crippen LogP contribution is -2.20. The Morgan fingerprint density at radius 2 is 1.79 bits per heavy atom. The summed E-state index contributed by atoms with van der Waals surface area (Å²) in [6.45, 7) is 1.88. The molecule has 0 radical (unpaired) electrons. The minimum Gasteiger partial charge on any atom is -0.484 e. The molecule has 1 N–H and O–H groups in total. The van der Waals surface area contributed by atoms with E-state index in [0.29, 0.717) is 17.9 Å². The van der Waals surface area contributed by atoms with Crippen molar-refractivity contribution < 1.29 is 32.2 Å². The Kier molecular flexibility index (Phi) is 7.43. The van der Waals surface area contributed by atoms with Gasteiger partial charge in [-0.2, -0.15) is 13.2 Å². The third-order valence-electron chi connectivity index (χ3n) is 3.67. The Balaban J connectivity index is 1.85. The first kappa shape index (κ1) is 21.3. The van der Waals surface area contributed by atoms with Gasteiger partial charge in [0.15, 0.2) is 6.61 Å². The number of carbonyl (C=O) groups is 2. The zero-order valence-corrected chi connectivity index (χ0v) is 15.2. The Morgan fingerprint density at radius 1 is 1.07 bits per heavy atom. The van der Waals surface area contributed by atoms with E-state index >= 15 is 0 Å². The van der Waals surface area contributed by atoms with E-state index in [1.807, 2.05) is 6.92 Å². The number of esters is 1. The molecule has 0 aromatic heterocycles. The molecule has 0 aliphatic rings. The van der Waals surface area contributed by atoms with Crippen molar-refractivity contribution in [3.05, 3.63) is 59.7 Å². The van der Waals surface area contributed by atoms with Gasteiger partial charge in [0.2, 0.25) is 0 Å². The molecule has 0 bridgehead atoms. The van der Waals surface area contributed by atoms with Crippen molar-refractivity contribution in [3.63, 3.8) is 0 Å². The topological polar surface area (TPSA) is 64.6 Å². The first-order valence-corrected chi connectivity index (χ1v) is 8.66. The molecule has 0 saturated carbocycles. The van der Waals surface area contributed by atoms with Gasteiger partial charge in [0.25, 0.3) is 5.91 Å². The van der Waals surface area contributed by atoms with Gasteiger partial charge in [0.1, 0.15) is 5.75 Å².